The summed E-state index contributed by atoms with van der Waals surface area (Å²) < 4.78 is 12.6. The molecule has 8 fully saturated rings. The van der Waals surface area contributed by atoms with Gasteiger partial charge in [0, 0.05) is 16.4 Å². The minimum absolute atomic E-state index is 0.00113. The lowest BCUT2D eigenvalue weighted by molar-refractivity contribution is -0.237. The second-order valence-corrected chi connectivity index (χ2v) is 14.2. The van der Waals surface area contributed by atoms with Crippen molar-refractivity contribution in [2.24, 2.45) is 46.3 Å². The first-order valence-electron chi connectivity index (χ1n) is 13.6. The molecule has 33 heavy (non-hydrogen) atoms. The van der Waals surface area contributed by atoms with Gasteiger partial charge in [0.05, 0.1) is 6.42 Å². The van der Waals surface area contributed by atoms with Gasteiger partial charge in [0.15, 0.2) is 0 Å². The molecule has 4 atom stereocenters. The van der Waals surface area contributed by atoms with E-state index < -0.39 is 5.60 Å². The fraction of sp³-hybridized carbons (Fsp3) is 0.862. The van der Waals surface area contributed by atoms with Crippen LogP contribution in [-0.4, -0.2) is 23.1 Å². The number of carbonyl (C=O) groups is 2. The van der Waals surface area contributed by atoms with E-state index in [0.29, 0.717) is 35.5 Å². The van der Waals surface area contributed by atoms with Crippen molar-refractivity contribution < 1.29 is 19.1 Å². The summed E-state index contributed by atoms with van der Waals surface area (Å²) in [5, 5.41) is 0. The molecule has 4 nitrogen and oxygen atoms in total. The Bertz CT molecular complexity index is 869. The van der Waals surface area contributed by atoms with Gasteiger partial charge in [-0.05, 0) is 99.7 Å². The topological polar surface area (TPSA) is 52.6 Å². The van der Waals surface area contributed by atoms with Crippen LogP contribution in [0.2, 0.25) is 0 Å². The number of hydrogen-bond donors (Lipinski definition) is 0. The summed E-state index contributed by atoms with van der Waals surface area (Å²) in [4.78, 5) is 26.3. The maximum Gasteiger partial charge on any atom is 0.334 e. The highest BCUT2D eigenvalue weighted by atomic mass is 16.6. The predicted molar refractivity (Wildman–Crippen MR) is 126 cm³/mol. The van der Waals surface area contributed by atoms with Crippen molar-refractivity contribution in [2.45, 2.75) is 110 Å². The Morgan fingerprint density at radius 3 is 1.52 bits per heavy atom. The zero-order valence-electron chi connectivity index (χ0n) is 21.1. The molecular weight excluding hydrogens is 412 g/mol. The van der Waals surface area contributed by atoms with Crippen LogP contribution >= 0.6 is 0 Å². The van der Waals surface area contributed by atoms with Gasteiger partial charge in [-0.15, -0.1) is 0 Å². The highest BCUT2D eigenvalue weighted by Gasteiger charge is 2.65. The van der Waals surface area contributed by atoms with Crippen molar-refractivity contribution in [2.75, 3.05) is 0 Å². The van der Waals surface area contributed by atoms with Gasteiger partial charge in [0.2, 0.25) is 0 Å². The standard InChI is InChI=1S/C29H42O4/c1-17(25(31)33-29-15-20-8-21(16-29)12-23(11-20)27(29,4)5)6-24(30)32-28-13-18-7-19(14-28)10-22(9-18)26(28,2)3/h18-23H,1,6-16H2,2-5H3. The minimum Gasteiger partial charge on any atom is -0.458 e. The first kappa shape index (κ1) is 22.2. The van der Waals surface area contributed by atoms with E-state index in [2.05, 4.69) is 34.3 Å². The third-order valence-corrected chi connectivity index (χ3v) is 11.9. The number of rotatable bonds is 5. The second-order valence-electron chi connectivity index (χ2n) is 14.2. The SMILES string of the molecule is C=C(CC(=O)OC12CC3CC(CC(C3)C1(C)C)C2)C(=O)OC12CC3CC(CC(C3)C1(C)C)C2. The van der Waals surface area contributed by atoms with E-state index in [-0.39, 0.29) is 40.4 Å². The van der Waals surface area contributed by atoms with Crippen LogP contribution in [0, 0.1) is 46.3 Å². The van der Waals surface area contributed by atoms with Crippen LogP contribution in [0.5, 0.6) is 0 Å². The van der Waals surface area contributed by atoms with Crippen LogP contribution in [0.4, 0.5) is 0 Å². The fourth-order valence-corrected chi connectivity index (χ4v) is 9.98. The first-order chi connectivity index (χ1) is 15.4. The quantitative estimate of drug-likeness (QED) is 0.365. The van der Waals surface area contributed by atoms with Crippen molar-refractivity contribution in [1.82, 2.24) is 0 Å². The molecule has 4 unspecified atom stereocenters. The molecule has 0 saturated heterocycles. The number of hydrogen-bond acceptors (Lipinski definition) is 4. The lowest BCUT2D eigenvalue weighted by atomic mass is 9.44. The summed E-state index contributed by atoms with van der Waals surface area (Å²) in [6.45, 7) is 13.2. The minimum atomic E-state index is -0.395. The van der Waals surface area contributed by atoms with Crippen LogP contribution in [0.25, 0.3) is 0 Å². The summed E-state index contributed by atoms with van der Waals surface area (Å²) >= 11 is 0. The number of carbonyl (C=O) groups excluding carboxylic acids is 2. The summed E-state index contributed by atoms with van der Waals surface area (Å²) in [5.41, 5.74) is -0.520. The van der Waals surface area contributed by atoms with E-state index in [4.69, 9.17) is 9.47 Å². The Hall–Kier alpha value is -1.32. The normalized spacial score (nSPS) is 47.4. The zero-order chi connectivity index (χ0) is 23.4. The summed E-state index contributed by atoms with van der Waals surface area (Å²) in [6.07, 6.45) is 11.6. The maximum absolute atomic E-state index is 13.2. The smallest absolute Gasteiger partial charge is 0.334 e. The second kappa shape index (κ2) is 6.88. The highest BCUT2D eigenvalue weighted by molar-refractivity contribution is 5.93. The molecule has 8 bridgehead atoms. The largest absolute Gasteiger partial charge is 0.458 e. The maximum atomic E-state index is 13.2. The first-order valence-corrected chi connectivity index (χ1v) is 13.6. The van der Waals surface area contributed by atoms with Crippen LogP contribution in [0.15, 0.2) is 12.2 Å². The predicted octanol–water partition coefficient (Wildman–Crippen LogP) is 6.23. The third-order valence-electron chi connectivity index (χ3n) is 11.9. The van der Waals surface area contributed by atoms with Gasteiger partial charge >= 0.3 is 11.9 Å². The average Bonchev–Trinajstić information content (AvgIpc) is 2.69. The molecule has 0 radical (unpaired) electrons. The molecule has 4 heteroatoms. The van der Waals surface area contributed by atoms with E-state index in [1.54, 1.807) is 0 Å². The highest BCUT2D eigenvalue weighted by Crippen LogP contribution is 2.66. The Kier molecular flexibility index (Phi) is 4.62. The molecule has 0 amide bonds. The molecule has 0 N–H and O–H groups in total. The lowest BCUT2D eigenvalue weighted by Gasteiger charge is -2.64. The van der Waals surface area contributed by atoms with E-state index in [0.717, 1.165) is 25.7 Å². The molecule has 8 saturated carbocycles. The van der Waals surface area contributed by atoms with Crippen LogP contribution in [0.1, 0.15) is 98.3 Å². The molecule has 8 rings (SSSR count). The van der Waals surface area contributed by atoms with Gasteiger partial charge in [-0.2, -0.15) is 0 Å². The van der Waals surface area contributed by atoms with Crippen molar-refractivity contribution >= 4 is 11.9 Å². The average molecular weight is 455 g/mol. The molecule has 0 spiro atoms. The van der Waals surface area contributed by atoms with E-state index >= 15 is 0 Å². The molecule has 0 aromatic rings. The molecule has 0 heterocycles. The van der Waals surface area contributed by atoms with Gasteiger partial charge < -0.3 is 9.47 Å². The number of ether oxygens (including phenoxy) is 2. The summed E-state index contributed by atoms with van der Waals surface area (Å²) in [5.74, 6) is 3.34. The lowest BCUT2D eigenvalue weighted by Crippen LogP contribution is -2.64. The van der Waals surface area contributed by atoms with Crippen molar-refractivity contribution in [1.29, 1.82) is 0 Å². The Labute approximate surface area is 199 Å². The molecule has 182 valence electrons. The van der Waals surface area contributed by atoms with E-state index in [9.17, 15) is 9.59 Å². The van der Waals surface area contributed by atoms with E-state index in [1.807, 2.05) is 0 Å². The molecule has 8 aliphatic rings. The fourth-order valence-electron chi connectivity index (χ4n) is 9.98. The third kappa shape index (κ3) is 3.07. The molecule has 0 aromatic heterocycles. The Balaban J connectivity index is 1.13. The van der Waals surface area contributed by atoms with Gasteiger partial charge in [0.1, 0.15) is 11.2 Å². The van der Waals surface area contributed by atoms with Gasteiger partial charge in [-0.25, -0.2) is 4.79 Å². The molecule has 0 aliphatic heterocycles. The van der Waals surface area contributed by atoms with Crippen LogP contribution < -0.4 is 0 Å². The summed E-state index contributed by atoms with van der Waals surface area (Å²) in [7, 11) is 0. The Morgan fingerprint density at radius 2 is 1.09 bits per heavy atom. The number of esters is 2. The van der Waals surface area contributed by atoms with Gasteiger partial charge in [-0.1, -0.05) is 34.3 Å². The van der Waals surface area contributed by atoms with Gasteiger partial charge in [-0.3, -0.25) is 4.79 Å². The zero-order valence-corrected chi connectivity index (χ0v) is 21.1. The molecule has 8 aliphatic carbocycles. The van der Waals surface area contributed by atoms with E-state index in [1.165, 1.54) is 38.5 Å². The van der Waals surface area contributed by atoms with Crippen molar-refractivity contribution in [3.05, 3.63) is 12.2 Å². The summed E-state index contributed by atoms with van der Waals surface area (Å²) in [6, 6.07) is 0. The van der Waals surface area contributed by atoms with Crippen LogP contribution in [0.3, 0.4) is 0 Å². The monoisotopic (exact) mass is 454 g/mol. The van der Waals surface area contributed by atoms with Crippen molar-refractivity contribution in [3.63, 3.8) is 0 Å². The Morgan fingerprint density at radius 1 is 0.697 bits per heavy atom. The molecular formula is C29H42O4. The van der Waals surface area contributed by atoms with Crippen LogP contribution in [-0.2, 0) is 19.1 Å². The van der Waals surface area contributed by atoms with Crippen molar-refractivity contribution in [3.8, 4) is 0 Å². The van der Waals surface area contributed by atoms with Gasteiger partial charge in [0.25, 0.3) is 0 Å². The molecule has 0 aromatic carbocycles.